The lowest BCUT2D eigenvalue weighted by molar-refractivity contribution is 0.414. The quantitative estimate of drug-likeness (QED) is 0.663. The van der Waals surface area contributed by atoms with E-state index < -0.39 is 0 Å². The lowest BCUT2D eigenvalue weighted by atomic mass is 9.92. The minimum absolute atomic E-state index is 0.0431. The van der Waals surface area contributed by atoms with E-state index in [9.17, 15) is 0 Å². The lowest BCUT2D eigenvalue weighted by Gasteiger charge is -2.21. The first kappa shape index (κ1) is 15.0. The molecule has 0 saturated carbocycles. The molecule has 4 heteroatoms. The molecule has 0 fully saturated rings. The van der Waals surface area contributed by atoms with Crippen LogP contribution >= 0.6 is 15.9 Å². The van der Waals surface area contributed by atoms with Gasteiger partial charge in [0.05, 0.1) is 13.2 Å². The highest BCUT2D eigenvalue weighted by atomic mass is 79.9. The fourth-order valence-electron chi connectivity index (χ4n) is 2.37. The van der Waals surface area contributed by atoms with Crippen LogP contribution in [0.4, 0.5) is 0 Å². The zero-order valence-electron chi connectivity index (χ0n) is 11.9. The molecule has 0 radical (unpaired) electrons. The molecule has 1 atom stereocenters. The maximum Gasteiger partial charge on any atom is 0.119 e. The summed E-state index contributed by atoms with van der Waals surface area (Å²) in [5, 5.41) is 0. The summed E-state index contributed by atoms with van der Waals surface area (Å²) in [6.45, 7) is 4.15. The van der Waals surface area contributed by atoms with Crippen molar-refractivity contribution < 1.29 is 4.74 Å². The van der Waals surface area contributed by atoms with Crippen LogP contribution in [0.1, 0.15) is 28.3 Å². The second-order valence-electron chi connectivity index (χ2n) is 4.82. The van der Waals surface area contributed by atoms with Gasteiger partial charge in [-0.25, -0.2) is 5.43 Å². The zero-order chi connectivity index (χ0) is 14.7. The van der Waals surface area contributed by atoms with Crippen LogP contribution in [0.2, 0.25) is 0 Å². The second-order valence-corrected chi connectivity index (χ2v) is 5.74. The van der Waals surface area contributed by atoms with Gasteiger partial charge in [0.2, 0.25) is 0 Å². The van der Waals surface area contributed by atoms with Gasteiger partial charge in [0.1, 0.15) is 5.75 Å². The molecule has 0 aliphatic carbocycles. The van der Waals surface area contributed by atoms with Gasteiger partial charge in [-0.2, -0.15) is 0 Å². The van der Waals surface area contributed by atoms with E-state index in [1.165, 1.54) is 5.56 Å². The van der Waals surface area contributed by atoms with Crippen molar-refractivity contribution >= 4 is 15.9 Å². The number of hydrogen-bond acceptors (Lipinski definition) is 3. The van der Waals surface area contributed by atoms with Crippen LogP contribution in [0.15, 0.2) is 40.9 Å². The second kappa shape index (κ2) is 6.39. The van der Waals surface area contributed by atoms with Gasteiger partial charge in [0, 0.05) is 4.47 Å². The first-order valence-corrected chi connectivity index (χ1v) is 7.23. The van der Waals surface area contributed by atoms with Crippen molar-refractivity contribution in [3.05, 3.63) is 63.1 Å². The number of hydrogen-bond donors (Lipinski definition) is 2. The predicted octanol–water partition coefficient (Wildman–Crippen LogP) is 3.63. The maximum atomic E-state index is 5.80. The number of benzene rings is 2. The first-order chi connectivity index (χ1) is 9.56. The summed E-state index contributed by atoms with van der Waals surface area (Å²) in [6.07, 6.45) is 0. The molecule has 2 rings (SSSR count). The summed E-state index contributed by atoms with van der Waals surface area (Å²) in [5.41, 5.74) is 7.57. The zero-order valence-corrected chi connectivity index (χ0v) is 13.5. The number of nitrogens with one attached hydrogen (secondary N) is 1. The summed E-state index contributed by atoms with van der Waals surface area (Å²) >= 11 is 3.52. The SMILES string of the molecule is COc1ccc(C(NN)c2cc(Br)ccc2C)c(C)c1. The number of aryl methyl sites for hydroxylation is 2. The number of halogens is 1. The number of hydrazine groups is 1. The van der Waals surface area contributed by atoms with Crippen molar-refractivity contribution in [1.29, 1.82) is 0 Å². The van der Waals surface area contributed by atoms with Gasteiger partial charge in [-0.1, -0.05) is 28.1 Å². The van der Waals surface area contributed by atoms with Crippen molar-refractivity contribution in [2.24, 2.45) is 5.84 Å². The van der Waals surface area contributed by atoms with E-state index >= 15 is 0 Å². The van der Waals surface area contributed by atoms with E-state index in [1.807, 2.05) is 18.2 Å². The third kappa shape index (κ3) is 3.03. The van der Waals surface area contributed by atoms with Crippen molar-refractivity contribution in [2.45, 2.75) is 19.9 Å². The molecule has 0 heterocycles. The molecular formula is C16H19BrN2O. The number of methoxy groups -OCH3 is 1. The van der Waals surface area contributed by atoms with E-state index in [-0.39, 0.29) is 6.04 Å². The highest BCUT2D eigenvalue weighted by Crippen LogP contribution is 2.30. The Kier molecular flexibility index (Phi) is 4.81. The van der Waals surface area contributed by atoms with E-state index in [4.69, 9.17) is 10.6 Å². The highest BCUT2D eigenvalue weighted by Gasteiger charge is 2.17. The molecule has 0 saturated heterocycles. The van der Waals surface area contributed by atoms with E-state index in [2.05, 4.69) is 53.4 Å². The Bertz CT molecular complexity index is 613. The third-order valence-corrected chi connectivity index (χ3v) is 4.00. The monoisotopic (exact) mass is 334 g/mol. The lowest BCUT2D eigenvalue weighted by Crippen LogP contribution is -2.30. The summed E-state index contributed by atoms with van der Waals surface area (Å²) in [4.78, 5) is 0. The van der Waals surface area contributed by atoms with Crippen LogP contribution in [0.25, 0.3) is 0 Å². The van der Waals surface area contributed by atoms with Gasteiger partial charge >= 0.3 is 0 Å². The van der Waals surface area contributed by atoms with Crippen LogP contribution in [0.3, 0.4) is 0 Å². The molecule has 0 aromatic heterocycles. The molecule has 2 aromatic carbocycles. The van der Waals surface area contributed by atoms with Gasteiger partial charge in [0.15, 0.2) is 0 Å². The van der Waals surface area contributed by atoms with Crippen molar-refractivity contribution in [3.8, 4) is 5.75 Å². The average Bonchev–Trinajstić information content (AvgIpc) is 2.44. The number of rotatable bonds is 4. The maximum absolute atomic E-state index is 5.80. The minimum atomic E-state index is -0.0431. The molecule has 20 heavy (non-hydrogen) atoms. The number of ether oxygens (including phenoxy) is 1. The van der Waals surface area contributed by atoms with Gasteiger partial charge in [-0.15, -0.1) is 0 Å². The Morgan fingerprint density at radius 1 is 1.05 bits per heavy atom. The summed E-state index contributed by atoms with van der Waals surface area (Å²) in [6, 6.07) is 12.2. The topological polar surface area (TPSA) is 47.3 Å². The van der Waals surface area contributed by atoms with Crippen molar-refractivity contribution in [1.82, 2.24) is 5.43 Å². The van der Waals surface area contributed by atoms with Crippen LogP contribution < -0.4 is 16.0 Å². The Labute approximate surface area is 128 Å². The fourth-order valence-corrected chi connectivity index (χ4v) is 2.75. The number of nitrogens with two attached hydrogens (primary N) is 1. The standard InChI is InChI=1S/C16H19BrN2O/c1-10-4-5-12(17)9-15(10)16(19-18)14-7-6-13(20-3)8-11(14)2/h4-9,16,19H,18H2,1-3H3. The molecular weight excluding hydrogens is 316 g/mol. The third-order valence-electron chi connectivity index (χ3n) is 3.51. The van der Waals surface area contributed by atoms with Crippen molar-refractivity contribution in [2.75, 3.05) is 7.11 Å². The molecule has 0 aliphatic rings. The Morgan fingerprint density at radius 3 is 2.40 bits per heavy atom. The van der Waals surface area contributed by atoms with Gasteiger partial charge in [-0.3, -0.25) is 5.84 Å². The molecule has 0 amide bonds. The summed E-state index contributed by atoms with van der Waals surface area (Å²) in [5.74, 6) is 6.65. The van der Waals surface area contributed by atoms with Gasteiger partial charge in [-0.05, 0) is 60.4 Å². The Morgan fingerprint density at radius 2 is 1.80 bits per heavy atom. The van der Waals surface area contributed by atoms with Gasteiger partial charge < -0.3 is 4.74 Å². The minimum Gasteiger partial charge on any atom is -0.497 e. The first-order valence-electron chi connectivity index (χ1n) is 6.43. The molecule has 2 aromatic rings. The molecule has 3 N–H and O–H groups in total. The molecule has 0 bridgehead atoms. The fraction of sp³-hybridized carbons (Fsp3) is 0.250. The highest BCUT2D eigenvalue weighted by molar-refractivity contribution is 9.10. The molecule has 0 spiro atoms. The molecule has 1 unspecified atom stereocenters. The molecule has 0 aliphatic heterocycles. The average molecular weight is 335 g/mol. The normalized spacial score (nSPS) is 12.2. The Balaban J connectivity index is 2.49. The van der Waals surface area contributed by atoms with E-state index in [1.54, 1.807) is 7.11 Å². The Hall–Kier alpha value is -1.36. The van der Waals surface area contributed by atoms with E-state index in [0.717, 1.165) is 26.9 Å². The summed E-state index contributed by atoms with van der Waals surface area (Å²) < 4.78 is 6.30. The van der Waals surface area contributed by atoms with Crippen LogP contribution in [-0.2, 0) is 0 Å². The summed E-state index contributed by atoms with van der Waals surface area (Å²) in [7, 11) is 1.67. The van der Waals surface area contributed by atoms with Crippen LogP contribution in [0.5, 0.6) is 5.75 Å². The predicted molar refractivity (Wildman–Crippen MR) is 85.8 cm³/mol. The largest absolute Gasteiger partial charge is 0.497 e. The van der Waals surface area contributed by atoms with Gasteiger partial charge in [0.25, 0.3) is 0 Å². The molecule has 3 nitrogen and oxygen atoms in total. The van der Waals surface area contributed by atoms with Crippen LogP contribution in [0, 0.1) is 13.8 Å². The molecule has 106 valence electrons. The van der Waals surface area contributed by atoms with E-state index in [0.29, 0.717) is 0 Å². The smallest absolute Gasteiger partial charge is 0.119 e. The van der Waals surface area contributed by atoms with Crippen LogP contribution in [-0.4, -0.2) is 7.11 Å². The van der Waals surface area contributed by atoms with Crippen molar-refractivity contribution in [3.63, 3.8) is 0 Å².